The minimum Gasteiger partial charge on any atom is -0.497 e. The molecule has 0 spiro atoms. The molecule has 3 aromatic rings. The van der Waals surface area contributed by atoms with Gasteiger partial charge in [-0.2, -0.15) is 0 Å². The number of nitrogens with one attached hydrogen (secondary N) is 1. The Kier molecular flexibility index (Phi) is 5.57. The monoisotopic (exact) mass is 383 g/mol. The number of hydrogen-bond acceptors (Lipinski definition) is 4. The van der Waals surface area contributed by atoms with Crippen LogP contribution in [0.1, 0.15) is 5.69 Å². The number of carbonyl (C=O) groups excluding carboxylic acids is 1. The van der Waals surface area contributed by atoms with Crippen LogP contribution < -0.4 is 15.6 Å². The Bertz CT molecular complexity index is 1030. The number of para-hydroxylation sites is 1. The van der Waals surface area contributed by atoms with E-state index in [-0.39, 0.29) is 18.0 Å². The van der Waals surface area contributed by atoms with Crippen molar-refractivity contribution in [3.8, 4) is 17.1 Å². The van der Waals surface area contributed by atoms with E-state index < -0.39 is 0 Å². The van der Waals surface area contributed by atoms with Crippen molar-refractivity contribution in [2.45, 2.75) is 13.5 Å². The summed E-state index contributed by atoms with van der Waals surface area (Å²) in [6.45, 7) is 1.56. The number of nitrogens with zero attached hydrogens (tertiary/aromatic N) is 2. The first-order chi connectivity index (χ1) is 13.0. The van der Waals surface area contributed by atoms with Crippen molar-refractivity contribution < 1.29 is 9.53 Å². The van der Waals surface area contributed by atoms with E-state index >= 15 is 0 Å². The van der Waals surface area contributed by atoms with E-state index in [1.807, 2.05) is 0 Å². The second kappa shape index (κ2) is 8.05. The van der Waals surface area contributed by atoms with Gasteiger partial charge in [-0.1, -0.05) is 23.7 Å². The Balaban J connectivity index is 1.93. The van der Waals surface area contributed by atoms with Gasteiger partial charge in [-0.25, -0.2) is 4.98 Å². The number of hydrogen-bond donors (Lipinski definition) is 1. The molecule has 0 aliphatic carbocycles. The Hall–Kier alpha value is -3.12. The van der Waals surface area contributed by atoms with Crippen LogP contribution in [0.2, 0.25) is 5.02 Å². The number of anilines is 1. The van der Waals surface area contributed by atoms with Gasteiger partial charge in [0.25, 0.3) is 5.56 Å². The van der Waals surface area contributed by atoms with Crippen LogP contribution in [-0.4, -0.2) is 22.6 Å². The quantitative estimate of drug-likeness (QED) is 0.731. The number of aryl methyl sites for hydroxylation is 1. The van der Waals surface area contributed by atoms with Gasteiger partial charge in [0, 0.05) is 17.3 Å². The van der Waals surface area contributed by atoms with Crippen molar-refractivity contribution >= 4 is 23.2 Å². The molecule has 2 aromatic carbocycles. The summed E-state index contributed by atoms with van der Waals surface area (Å²) in [5, 5.41) is 3.15. The summed E-state index contributed by atoms with van der Waals surface area (Å²) >= 11 is 6.07. The molecule has 0 bridgehead atoms. The van der Waals surface area contributed by atoms with E-state index in [0.717, 1.165) is 0 Å². The number of aromatic nitrogens is 2. The SMILES string of the molecule is COc1ccc(-c2nc(C)cc(=O)n2CC(=O)Nc2ccccc2Cl)cc1. The fraction of sp³-hybridized carbons (Fsp3) is 0.150. The number of rotatable bonds is 5. The summed E-state index contributed by atoms with van der Waals surface area (Å²) in [6, 6.07) is 15.5. The summed E-state index contributed by atoms with van der Waals surface area (Å²) in [6.07, 6.45) is 0. The highest BCUT2D eigenvalue weighted by Crippen LogP contribution is 2.22. The molecular weight excluding hydrogens is 366 g/mol. The molecule has 0 aliphatic rings. The van der Waals surface area contributed by atoms with Gasteiger partial charge < -0.3 is 10.1 Å². The molecule has 6 nitrogen and oxygen atoms in total. The van der Waals surface area contributed by atoms with Crippen molar-refractivity contribution in [2.24, 2.45) is 0 Å². The maximum atomic E-state index is 12.5. The van der Waals surface area contributed by atoms with Gasteiger partial charge in [-0.05, 0) is 43.3 Å². The Morgan fingerprint density at radius 3 is 2.56 bits per heavy atom. The van der Waals surface area contributed by atoms with Crippen LogP contribution >= 0.6 is 11.6 Å². The summed E-state index contributed by atoms with van der Waals surface area (Å²) < 4.78 is 6.49. The minimum atomic E-state index is -0.370. The fourth-order valence-corrected chi connectivity index (χ4v) is 2.81. The number of carbonyl (C=O) groups is 1. The highest BCUT2D eigenvalue weighted by molar-refractivity contribution is 6.33. The first-order valence-corrected chi connectivity index (χ1v) is 8.63. The maximum absolute atomic E-state index is 12.5. The third-order valence-electron chi connectivity index (χ3n) is 3.93. The van der Waals surface area contributed by atoms with Gasteiger partial charge in [-0.3, -0.25) is 14.2 Å². The van der Waals surface area contributed by atoms with Gasteiger partial charge in [0.05, 0.1) is 17.8 Å². The first kappa shape index (κ1) is 18.7. The summed E-state index contributed by atoms with van der Waals surface area (Å²) in [5.74, 6) is 0.735. The van der Waals surface area contributed by atoms with Crippen molar-refractivity contribution in [1.82, 2.24) is 9.55 Å². The molecule has 138 valence electrons. The minimum absolute atomic E-state index is 0.182. The zero-order valence-electron chi connectivity index (χ0n) is 14.9. The lowest BCUT2D eigenvalue weighted by atomic mass is 10.2. The Morgan fingerprint density at radius 2 is 1.89 bits per heavy atom. The molecule has 3 rings (SSSR count). The molecular formula is C20H18ClN3O3. The van der Waals surface area contributed by atoms with E-state index in [0.29, 0.717) is 33.5 Å². The second-order valence-electron chi connectivity index (χ2n) is 5.90. The van der Waals surface area contributed by atoms with E-state index in [4.69, 9.17) is 16.3 Å². The predicted octanol–water partition coefficient (Wildman–Crippen LogP) is 3.52. The smallest absolute Gasteiger partial charge is 0.254 e. The molecule has 1 aromatic heterocycles. The van der Waals surface area contributed by atoms with E-state index in [2.05, 4.69) is 10.3 Å². The third-order valence-corrected chi connectivity index (χ3v) is 4.26. The van der Waals surface area contributed by atoms with Gasteiger partial charge in [0.1, 0.15) is 18.1 Å². The van der Waals surface area contributed by atoms with Crippen molar-refractivity contribution in [2.75, 3.05) is 12.4 Å². The number of ether oxygens (including phenoxy) is 1. The summed E-state index contributed by atoms with van der Waals surface area (Å²) in [7, 11) is 1.58. The topological polar surface area (TPSA) is 73.2 Å². The molecule has 7 heteroatoms. The van der Waals surface area contributed by atoms with Crippen LogP contribution in [0, 0.1) is 6.92 Å². The molecule has 1 heterocycles. The van der Waals surface area contributed by atoms with Crippen LogP contribution in [0.15, 0.2) is 59.4 Å². The highest BCUT2D eigenvalue weighted by Gasteiger charge is 2.14. The summed E-state index contributed by atoms with van der Waals surface area (Å²) in [5.41, 5.74) is 1.47. The Labute approximate surface area is 161 Å². The fourth-order valence-electron chi connectivity index (χ4n) is 2.63. The van der Waals surface area contributed by atoms with Crippen molar-refractivity contribution in [1.29, 1.82) is 0 Å². The largest absolute Gasteiger partial charge is 0.497 e. The number of halogens is 1. The maximum Gasteiger partial charge on any atom is 0.254 e. The molecule has 0 fully saturated rings. The third kappa shape index (κ3) is 4.35. The second-order valence-corrected chi connectivity index (χ2v) is 6.31. The standard InChI is InChI=1S/C20H18ClN3O3/c1-13-11-19(26)24(12-18(25)23-17-6-4-3-5-16(17)21)20(22-13)14-7-9-15(27-2)10-8-14/h3-11H,12H2,1-2H3,(H,23,25). The van der Waals surface area contributed by atoms with E-state index in [1.165, 1.54) is 10.6 Å². The zero-order valence-corrected chi connectivity index (χ0v) is 15.7. The average molecular weight is 384 g/mol. The average Bonchev–Trinajstić information content (AvgIpc) is 2.66. The van der Waals surface area contributed by atoms with Crippen LogP contribution in [0.3, 0.4) is 0 Å². The normalized spacial score (nSPS) is 10.5. The van der Waals surface area contributed by atoms with Crippen LogP contribution in [-0.2, 0) is 11.3 Å². The first-order valence-electron chi connectivity index (χ1n) is 8.25. The predicted molar refractivity (Wildman–Crippen MR) is 105 cm³/mol. The Morgan fingerprint density at radius 1 is 1.19 bits per heavy atom. The molecule has 0 aliphatic heterocycles. The van der Waals surface area contributed by atoms with Crippen LogP contribution in [0.25, 0.3) is 11.4 Å². The van der Waals surface area contributed by atoms with Gasteiger partial charge in [0.15, 0.2) is 0 Å². The summed E-state index contributed by atoms with van der Waals surface area (Å²) in [4.78, 5) is 29.4. The molecule has 0 saturated carbocycles. The van der Waals surface area contributed by atoms with Crippen LogP contribution in [0.4, 0.5) is 5.69 Å². The zero-order chi connectivity index (χ0) is 19.4. The van der Waals surface area contributed by atoms with Gasteiger partial charge in [0.2, 0.25) is 5.91 Å². The molecule has 0 radical (unpaired) electrons. The number of methoxy groups -OCH3 is 1. The molecule has 27 heavy (non-hydrogen) atoms. The van der Waals surface area contributed by atoms with Crippen LogP contribution in [0.5, 0.6) is 5.75 Å². The molecule has 0 atom stereocenters. The highest BCUT2D eigenvalue weighted by atomic mass is 35.5. The van der Waals surface area contributed by atoms with E-state index in [9.17, 15) is 9.59 Å². The lowest BCUT2D eigenvalue weighted by Crippen LogP contribution is -2.29. The lowest BCUT2D eigenvalue weighted by molar-refractivity contribution is -0.116. The van der Waals surface area contributed by atoms with Crippen molar-refractivity contribution in [3.05, 3.63) is 75.7 Å². The molecule has 0 saturated heterocycles. The van der Waals surface area contributed by atoms with Crippen molar-refractivity contribution in [3.63, 3.8) is 0 Å². The van der Waals surface area contributed by atoms with E-state index in [1.54, 1.807) is 62.6 Å². The van der Waals surface area contributed by atoms with Gasteiger partial charge >= 0.3 is 0 Å². The number of amides is 1. The molecule has 1 amide bonds. The molecule has 0 unspecified atom stereocenters. The van der Waals surface area contributed by atoms with Gasteiger partial charge in [-0.15, -0.1) is 0 Å². The lowest BCUT2D eigenvalue weighted by Gasteiger charge is -2.14. The molecule has 1 N–H and O–H groups in total. The number of benzene rings is 2.